The Kier molecular flexibility index (Phi) is 14.7. The first-order valence-corrected chi connectivity index (χ1v) is 7.98. The molecule has 2 heteroatoms. The SMILES string of the molecule is CCCCC=CCCCCCCCC=CC=CC(=O)O. The van der Waals surface area contributed by atoms with Crippen molar-refractivity contribution in [1.29, 1.82) is 0 Å². The minimum Gasteiger partial charge on any atom is -0.478 e. The van der Waals surface area contributed by atoms with Gasteiger partial charge in [-0.15, -0.1) is 0 Å². The molecule has 0 fully saturated rings. The summed E-state index contributed by atoms with van der Waals surface area (Å²) in [6, 6.07) is 0. The minimum absolute atomic E-state index is 0.890. The largest absolute Gasteiger partial charge is 0.478 e. The second-order valence-corrected chi connectivity index (χ2v) is 5.08. The number of aliphatic carboxylic acids is 1. The summed E-state index contributed by atoms with van der Waals surface area (Å²) in [7, 11) is 0. The molecular formula is C18H30O2. The molecule has 20 heavy (non-hydrogen) atoms. The first kappa shape index (κ1) is 18.7. The number of hydrogen-bond acceptors (Lipinski definition) is 1. The van der Waals surface area contributed by atoms with Crippen LogP contribution in [0.15, 0.2) is 36.5 Å². The highest BCUT2D eigenvalue weighted by molar-refractivity contribution is 5.80. The summed E-state index contributed by atoms with van der Waals surface area (Å²) < 4.78 is 0. The van der Waals surface area contributed by atoms with Crippen LogP contribution in [0, 0.1) is 0 Å². The van der Waals surface area contributed by atoms with Crippen molar-refractivity contribution in [3.8, 4) is 0 Å². The third kappa shape index (κ3) is 16.7. The minimum atomic E-state index is -0.890. The molecular weight excluding hydrogens is 248 g/mol. The van der Waals surface area contributed by atoms with Gasteiger partial charge in [0.05, 0.1) is 0 Å². The molecule has 0 spiro atoms. The molecule has 0 atom stereocenters. The van der Waals surface area contributed by atoms with Crippen molar-refractivity contribution in [2.24, 2.45) is 0 Å². The summed E-state index contributed by atoms with van der Waals surface area (Å²) in [5.74, 6) is -0.890. The zero-order valence-corrected chi connectivity index (χ0v) is 12.9. The predicted molar refractivity (Wildman–Crippen MR) is 86.9 cm³/mol. The second-order valence-electron chi connectivity index (χ2n) is 5.08. The molecule has 0 amide bonds. The Morgan fingerprint density at radius 3 is 1.95 bits per heavy atom. The van der Waals surface area contributed by atoms with Crippen LogP contribution in [0.3, 0.4) is 0 Å². The molecule has 0 bridgehead atoms. The number of rotatable bonds is 13. The van der Waals surface area contributed by atoms with Crippen LogP contribution in [0.4, 0.5) is 0 Å². The van der Waals surface area contributed by atoms with E-state index in [9.17, 15) is 4.79 Å². The number of hydrogen-bond donors (Lipinski definition) is 1. The summed E-state index contributed by atoms with van der Waals surface area (Å²) in [4.78, 5) is 10.2. The van der Waals surface area contributed by atoms with Gasteiger partial charge in [-0.25, -0.2) is 4.79 Å². The van der Waals surface area contributed by atoms with Gasteiger partial charge in [0.2, 0.25) is 0 Å². The summed E-state index contributed by atoms with van der Waals surface area (Å²) >= 11 is 0. The van der Waals surface area contributed by atoms with E-state index in [1.54, 1.807) is 6.08 Å². The average molecular weight is 278 g/mol. The number of carbonyl (C=O) groups is 1. The van der Waals surface area contributed by atoms with Crippen molar-refractivity contribution in [1.82, 2.24) is 0 Å². The fourth-order valence-corrected chi connectivity index (χ4v) is 1.93. The van der Waals surface area contributed by atoms with Gasteiger partial charge in [0.25, 0.3) is 0 Å². The summed E-state index contributed by atoms with van der Waals surface area (Å²) in [6.45, 7) is 2.23. The standard InChI is InChI=1S/C18H30O2/c1-2-3-4-5-6-7-8-9-10-11-12-13-14-15-16-17-18(19)20/h5-6,14-17H,2-4,7-13H2,1H3,(H,19,20). The Labute approximate surface area is 124 Å². The van der Waals surface area contributed by atoms with Crippen molar-refractivity contribution < 1.29 is 9.90 Å². The van der Waals surface area contributed by atoms with Crippen LogP contribution in [0.2, 0.25) is 0 Å². The molecule has 1 N–H and O–H groups in total. The van der Waals surface area contributed by atoms with E-state index in [2.05, 4.69) is 19.1 Å². The van der Waals surface area contributed by atoms with Gasteiger partial charge in [-0.2, -0.15) is 0 Å². The highest BCUT2D eigenvalue weighted by atomic mass is 16.4. The maximum absolute atomic E-state index is 10.2. The molecule has 0 unspecified atom stereocenters. The summed E-state index contributed by atoms with van der Waals surface area (Å²) in [5, 5.41) is 8.39. The molecule has 114 valence electrons. The lowest BCUT2D eigenvalue weighted by molar-refractivity contribution is -0.131. The lowest BCUT2D eigenvalue weighted by Gasteiger charge is -1.98. The molecule has 0 saturated heterocycles. The van der Waals surface area contributed by atoms with Gasteiger partial charge in [0, 0.05) is 6.08 Å². The Hall–Kier alpha value is -1.31. The summed E-state index contributed by atoms with van der Waals surface area (Å²) in [5.41, 5.74) is 0. The maximum atomic E-state index is 10.2. The fourth-order valence-electron chi connectivity index (χ4n) is 1.93. The zero-order valence-electron chi connectivity index (χ0n) is 12.9. The van der Waals surface area contributed by atoms with Crippen molar-refractivity contribution in [3.05, 3.63) is 36.5 Å². The first-order valence-electron chi connectivity index (χ1n) is 7.98. The lowest BCUT2D eigenvalue weighted by Crippen LogP contribution is -1.84. The molecule has 0 heterocycles. The van der Waals surface area contributed by atoms with Gasteiger partial charge in [-0.05, 0) is 32.1 Å². The molecule has 0 rings (SSSR count). The highest BCUT2D eigenvalue weighted by Gasteiger charge is 1.89. The van der Waals surface area contributed by atoms with Crippen LogP contribution in [0.5, 0.6) is 0 Å². The monoisotopic (exact) mass is 278 g/mol. The predicted octanol–water partition coefficient (Wildman–Crippen LogP) is 5.66. The van der Waals surface area contributed by atoms with Gasteiger partial charge in [0.15, 0.2) is 0 Å². The van der Waals surface area contributed by atoms with E-state index in [4.69, 9.17) is 5.11 Å². The smallest absolute Gasteiger partial charge is 0.328 e. The van der Waals surface area contributed by atoms with Crippen LogP contribution in [0.1, 0.15) is 71.1 Å². The third-order valence-electron chi connectivity index (χ3n) is 3.12. The molecule has 0 aliphatic rings. The Bertz CT molecular complexity index is 301. The van der Waals surface area contributed by atoms with Crippen LogP contribution in [-0.4, -0.2) is 11.1 Å². The van der Waals surface area contributed by atoms with E-state index >= 15 is 0 Å². The highest BCUT2D eigenvalue weighted by Crippen LogP contribution is 2.08. The lowest BCUT2D eigenvalue weighted by atomic mass is 10.1. The van der Waals surface area contributed by atoms with Gasteiger partial charge in [0.1, 0.15) is 0 Å². The van der Waals surface area contributed by atoms with E-state index in [1.165, 1.54) is 57.8 Å². The van der Waals surface area contributed by atoms with Gasteiger partial charge in [-0.3, -0.25) is 0 Å². The molecule has 0 saturated carbocycles. The molecule has 2 nitrogen and oxygen atoms in total. The van der Waals surface area contributed by atoms with Crippen LogP contribution < -0.4 is 0 Å². The van der Waals surface area contributed by atoms with Crippen molar-refractivity contribution in [3.63, 3.8) is 0 Å². The van der Waals surface area contributed by atoms with Gasteiger partial charge >= 0.3 is 5.97 Å². The molecule has 0 aromatic carbocycles. The second kappa shape index (κ2) is 15.7. The number of allylic oxidation sites excluding steroid dienone is 5. The van der Waals surface area contributed by atoms with Crippen LogP contribution >= 0.6 is 0 Å². The van der Waals surface area contributed by atoms with Crippen molar-refractivity contribution in [2.45, 2.75) is 71.1 Å². The third-order valence-corrected chi connectivity index (χ3v) is 3.12. The topological polar surface area (TPSA) is 37.3 Å². The number of carboxylic acids is 1. The normalized spacial score (nSPS) is 12.1. The van der Waals surface area contributed by atoms with Gasteiger partial charge in [-0.1, -0.05) is 69.4 Å². The van der Waals surface area contributed by atoms with E-state index in [0.29, 0.717) is 0 Å². The fraction of sp³-hybridized carbons (Fsp3) is 0.611. The molecule has 0 aromatic rings. The van der Waals surface area contributed by atoms with Crippen molar-refractivity contribution in [2.75, 3.05) is 0 Å². The summed E-state index contributed by atoms with van der Waals surface area (Å²) in [6.07, 6.45) is 23.7. The zero-order chi connectivity index (χ0) is 14.9. The quantitative estimate of drug-likeness (QED) is 0.204. The van der Waals surface area contributed by atoms with Gasteiger partial charge < -0.3 is 5.11 Å². The molecule has 0 radical (unpaired) electrons. The Morgan fingerprint density at radius 1 is 0.800 bits per heavy atom. The van der Waals surface area contributed by atoms with E-state index in [-0.39, 0.29) is 0 Å². The van der Waals surface area contributed by atoms with Crippen molar-refractivity contribution >= 4 is 5.97 Å². The van der Waals surface area contributed by atoms with Crippen LogP contribution in [-0.2, 0) is 4.79 Å². The number of carboxylic acid groups (broad SMARTS) is 1. The Balaban J connectivity index is 3.21. The van der Waals surface area contributed by atoms with E-state index in [0.717, 1.165) is 12.5 Å². The van der Waals surface area contributed by atoms with Crippen LogP contribution in [0.25, 0.3) is 0 Å². The Morgan fingerprint density at radius 2 is 1.35 bits per heavy atom. The van der Waals surface area contributed by atoms with E-state index < -0.39 is 5.97 Å². The number of unbranched alkanes of at least 4 members (excludes halogenated alkanes) is 8. The van der Waals surface area contributed by atoms with E-state index in [1.807, 2.05) is 12.2 Å². The average Bonchev–Trinajstić information content (AvgIpc) is 2.43. The maximum Gasteiger partial charge on any atom is 0.328 e. The first-order chi connectivity index (χ1) is 9.77. The molecule has 0 aromatic heterocycles. The molecule has 0 aliphatic heterocycles. The molecule has 0 aliphatic carbocycles.